The molecule has 32 heavy (non-hydrogen) atoms. The molecule has 1 aliphatic heterocycles. The van der Waals surface area contributed by atoms with Crippen molar-refractivity contribution >= 4 is 29.3 Å². The Labute approximate surface area is 191 Å². The highest BCUT2D eigenvalue weighted by Crippen LogP contribution is 2.28. The third kappa shape index (κ3) is 5.38. The maximum absolute atomic E-state index is 12.5. The highest BCUT2D eigenvalue weighted by Gasteiger charge is 2.21. The van der Waals surface area contributed by atoms with E-state index in [2.05, 4.69) is 32.3 Å². The molecule has 0 saturated carbocycles. The van der Waals surface area contributed by atoms with E-state index in [0.717, 1.165) is 42.4 Å². The van der Waals surface area contributed by atoms with Gasteiger partial charge in [-0.05, 0) is 42.7 Å². The maximum Gasteiger partial charge on any atom is 0.251 e. The van der Waals surface area contributed by atoms with Gasteiger partial charge in [0.1, 0.15) is 0 Å². The molecule has 1 aliphatic rings. The Hall–Kier alpha value is -3.10. The number of hydrogen-bond donors (Lipinski definition) is 2. The number of anilines is 1. The molecule has 0 unspecified atom stereocenters. The lowest BCUT2D eigenvalue weighted by molar-refractivity contribution is -0.113. The van der Waals surface area contributed by atoms with Crippen molar-refractivity contribution in [2.75, 3.05) is 24.7 Å². The first-order valence-electron chi connectivity index (χ1n) is 10.6. The molecule has 1 fully saturated rings. The first-order valence-corrected chi connectivity index (χ1v) is 11.6. The number of nitrogens with one attached hydrogen (secondary N) is 2. The summed E-state index contributed by atoms with van der Waals surface area (Å²) in [6, 6.07) is 16.9. The van der Waals surface area contributed by atoms with E-state index in [1.807, 2.05) is 24.4 Å². The normalized spacial score (nSPS) is 15.5. The van der Waals surface area contributed by atoms with Crippen LogP contribution in [-0.2, 0) is 16.1 Å². The minimum absolute atomic E-state index is 0.129. The Morgan fingerprint density at radius 3 is 2.62 bits per heavy atom. The summed E-state index contributed by atoms with van der Waals surface area (Å²) in [5, 5.41) is 6.25. The smallest absolute Gasteiger partial charge is 0.251 e. The fourth-order valence-corrected chi connectivity index (χ4v) is 4.45. The summed E-state index contributed by atoms with van der Waals surface area (Å²) in [7, 11) is 1.58. The lowest BCUT2D eigenvalue weighted by Crippen LogP contribution is -2.19. The molecule has 2 amide bonds. The molecule has 1 aromatic heterocycles. The molecule has 0 aliphatic carbocycles. The van der Waals surface area contributed by atoms with Crippen molar-refractivity contribution in [3.05, 3.63) is 66.4 Å². The fraction of sp³-hybridized carbons (Fsp3) is 0.292. The second kappa shape index (κ2) is 10.5. The second-order valence-electron chi connectivity index (χ2n) is 7.53. The summed E-state index contributed by atoms with van der Waals surface area (Å²) in [5.74, 6) is -0.0603. The molecule has 8 heteroatoms. The number of rotatable bonds is 8. The molecule has 2 heterocycles. The predicted octanol–water partition coefficient (Wildman–Crippen LogP) is 3.82. The number of amides is 2. The number of carbonyl (C=O) groups is 2. The Bertz CT molecular complexity index is 1060. The molecule has 4 rings (SSSR count). The number of imidazole rings is 1. The van der Waals surface area contributed by atoms with Crippen molar-refractivity contribution in [3.8, 4) is 11.3 Å². The minimum atomic E-state index is -0.161. The van der Waals surface area contributed by atoms with E-state index in [4.69, 9.17) is 4.74 Å². The van der Waals surface area contributed by atoms with Gasteiger partial charge in [-0.3, -0.25) is 9.59 Å². The van der Waals surface area contributed by atoms with Gasteiger partial charge in [0.25, 0.3) is 5.91 Å². The summed E-state index contributed by atoms with van der Waals surface area (Å²) in [5.41, 5.74) is 3.31. The van der Waals surface area contributed by atoms with E-state index in [1.165, 1.54) is 11.8 Å². The van der Waals surface area contributed by atoms with Crippen LogP contribution in [0.5, 0.6) is 0 Å². The van der Waals surface area contributed by atoms with Gasteiger partial charge in [-0.15, -0.1) is 0 Å². The van der Waals surface area contributed by atoms with Crippen molar-refractivity contribution in [2.45, 2.75) is 30.6 Å². The number of nitrogens with zero attached hydrogens (tertiary/aromatic N) is 2. The van der Waals surface area contributed by atoms with E-state index in [0.29, 0.717) is 11.3 Å². The van der Waals surface area contributed by atoms with Crippen LogP contribution in [0.3, 0.4) is 0 Å². The molecule has 0 bridgehead atoms. The van der Waals surface area contributed by atoms with Gasteiger partial charge in [0.2, 0.25) is 5.91 Å². The van der Waals surface area contributed by atoms with Gasteiger partial charge in [-0.1, -0.05) is 42.1 Å². The van der Waals surface area contributed by atoms with E-state index in [1.54, 1.807) is 31.3 Å². The summed E-state index contributed by atoms with van der Waals surface area (Å²) >= 11 is 1.41. The molecule has 3 aromatic rings. The molecule has 7 nitrogen and oxygen atoms in total. The van der Waals surface area contributed by atoms with Crippen LogP contribution in [0.15, 0.2) is 66.0 Å². The summed E-state index contributed by atoms with van der Waals surface area (Å²) in [6.45, 7) is 1.51. The highest BCUT2D eigenvalue weighted by atomic mass is 32.2. The SMILES string of the molecule is CNC(=O)c1ccc(NC(=O)CSc2ncc(-c3ccccc3)n2C[C@H]2CCCO2)cc1. The lowest BCUT2D eigenvalue weighted by atomic mass is 10.1. The molecule has 2 aromatic carbocycles. The average Bonchev–Trinajstić information content (AvgIpc) is 3.49. The molecular formula is C24H26N4O3S. The van der Waals surface area contributed by atoms with Crippen LogP contribution in [0.4, 0.5) is 5.69 Å². The van der Waals surface area contributed by atoms with E-state index >= 15 is 0 Å². The third-order valence-electron chi connectivity index (χ3n) is 5.29. The summed E-state index contributed by atoms with van der Waals surface area (Å²) < 4.78 is 8.00. The molecule has 166 valence electrons. The number of thioether (sulfide) groups is 1. The molecule has 1 saturated heterocycles. The third-order valence-corrected chi connectivity index (χ3v) is 6.28. The monoisotopic (exact) mass is 450 g/mol. The number of carbonyl (C=O) groups excluding carboxylic acids is 2. The minimum Gasteiger partial charge on any atom is -0.376 e. The second-order valence-corrected chi connectivity index (χ2v) is 8.47. The Balaban J connectivity index is 1.43. The number of aromatic nitrogens is 2. The standard InChI is InChI=1S/C24H26N4O3S/c1-25-23(30)18-9-11-19(12-10-18)27-22(29)16-32-24-26-14-21(17-6-3-2-4-7-17)28(24)15-20-8-5-13-31-20/h2-4,6-7,9-12,14,20H,5,8,13,15-16H2,1H3,(H,25,30)(H,27,29)/t20-/m1/s1. The van der Waals surface area contributed by atoms with Crippen LogP contribution in [0.25, 0.3) is 11.3 Å². The Morgan fingerprint density at radius 2 is 1.94 bits per heavy atom. The largest absolute Gasteiger partial charge is 0.376 e. The Kier molecular flexibility index (Phi) is 7.24. The lowest BCUT2D eigenvalue weighted by Gasteiger charge is -2.16. The maximum atomic E-state index is 12.5. The summed E-state index contributed by atoms with van der Waals surface area (Å²) in [4.78, 5) is 28.8. The van der Waals surface area contributed by atoms with Gasteiger partial charge >= 0.3 is 0 Å². The van der Waals surface area contributed by atoms with Crippen LogP contribution < -0.4 is 10.6 Å². The predicted molar refractivity (Wildman–Crippen MR) is 126 cm³/mol. The van der Waals surface area contributed by atoms with Gasteiger partial charge in [0.15, 0.2) is 5.16 Å². The molecule has 1 atom stereocenters. The summed E-state index contributed by atoms with van der Waals surface area (Å²) in [6.07, 6.45) is 4.13. The zero-order chi connectivity index (χ0) is 22.3. The van der Waals surface area contributed by atoms with Gasteiger partial charge in [0, 0.05) is 24.9 Å². The molecular weight excluding hydrogens is 424 g/mol. The quantitative estimate of drug-likeness (QED) is 0.510. The van der Waals surface area contributed by atoms with Crippen molar-refractivity contribution < 1.29 is 14.3 Å². The molecule has 0 radical (unpaired) electrons. The van der Waals surface area contributed by atoms with Gasteiger partial charge in [-0.2, -0.15) is 0 Å². The van der Waals surface area contributed by atoms with Crippen molar-refractivity contribution in [2.24, 2.45) is 0 Å². The topological polar surface area (TPSA) is 85.3 Å². The fourth-order valence-electron chi connectivity index (χ4n) is 3.66. The van der Waals surface area contributed by atoms with Crippen molar-refractivity contribution in [1.29, 1.82) is 0 Å². The van der Waals surface area contributed by atoms with E-state index < -0.39 is 0 Å². The van der Waals surface area contributed by atoms with Crippen LogP contribution in [0.2, 0.25) is 0 Å². The van der Waals surface area contributed by atoms with Crippen molar-refractivity contribution in [1.82, 2.24) is 14.9 Å². The highest BCUT2D eigenvalue weighted by molar-refractivity contribution is 7.99. The Morgan fingerprint density at radius 1 is 1.16 bits per heavy atom. The number of hydrogen-bond acceptors (Lipinski definition) is 5. The van der Waals surface area contributed by atoms with Crippen LogP contribution in [0, 0.1) is 0 Å². The van der Waals surface area contributed by atoms with Gasteiger partial charge in [0.05, 0.1) is 30.3 Å². The van der Waals surface area contributed by atoms with Crippen molar-refractivity contribution in [3.63, 3.8) is 0 Å². The number of benzene rings is 2. The number of ether oxygens (including phenoxy) is 1. The molecule has 0 spiro atoms. The van der Waals surface area contributed by atoms with Gasteiger partial charge in [-0.25, -0.2) is 4.98 Å². The first-order chi connectivity index (χ1) is 15.6. The van der Waals surface area contributed by atoms with E-state index in [-0.39, 0.29) is 23.7 Å². The van der Waals surface area contributed by atoms with E-state index in [9.17, 15) is 9.59 Å². The molecule has 2 N–H and O–H groups in total. The average molecular weight is 451 g/mol. The van der Waals surface area contributed by atoms with Crippen LogP contribution in [-0.4, -0.2) is 46.9 Å². The van der Waals surface area contributed by atoms with Crippen LogP contribution in [0.1, 0.15) is 23.2 Å². The zero-order valence-electron chi connectivity index (χ0n) is 17.9. The van der Waals surface area contributed by atoms with Gasteiger partial charge < -0.3 is 19.9 Å². The first kappa shape index (κ1) is 22.1. The zero-order valence-corrected chi connectivity index (χ0v) is 18.7. The van der Waals surface area contributed by atoms with Crippen LogP contribution >= 0.6 is 11.8 Å².